The van der Waals surface area contributed by atoms with E-state index in [9.17, 15) is 14.7 Å². The lowest BCUT2D eigenvalue weighted by Gasteiger charge is -2.69. The smallest absolute Gasteiger partial charge is 0.302 e. The first-order valence-electron chi connectivity index (χ1n) is 11.9. The Labute approximate surface area is 181 Å². The third kappa shape index (κ3) is 2.96. The SMILES string of the molecule is CC(=O)O[C@H]1C[C@H]2[C@@](C)(CC[C@H]3C(C)(C)CCC[C@]23C)[C@@H]2C[C@H](O)C(C=O)=C[C@@]12C. The molecular weight excluding hydrogens is 376 g/mol. The molecular formula is C26H40O4. The van der Waals surface area contributed by atoms with Crippen LogP contribution in [0.1, 0.15) is 86.5 Å². The summed E-state index contributed by atoms with van der Waals surface area (Å²) in [6, 6.07) is 0. The molecule has 4 nitrogen and oxygen atoms in total. The maximum Gasteiger partial charge on any atom is 0.302 e. The zero-order valence-electron chi connectivity index (χ0n) is 19.7. The highest BCUT2D eigenvalue weighted by molar-refractivity contribution is 5.75. The number of hydrogen-bond donors (Lipinski definition) is 1. The summed E-state index contributed by atoms with van der Waals surface area (Å²) in [6.45, 7) is 13.5. The minimum atomic E-state index is -0.720. The van der Waals surface area contributed by atoms with Crippen LogP contribution in [0.2, 0.25) is 0 Å². The fraction of sp³-hybridized carbons (Fsp3) is 0.846. The highest BCUT2D eigenvalue weighted by Crippen LogP contribution is 2.72. The highest BCUT2D eigenvalue weighted by atomic mass is 16.5. The molecule has 3 saturated carbocycles. The van der Waals surface area contributed by atoms with Crippen LogP contribution in [0, 0.1) is 39.4 Å². The average molecular weight is 417 g/mol. The number of aliphatic hydroxyl groups is 1. The third-order valence-corrected chi connectivity index (χ3v) is 10.3. The van der Waals surface area contributed by atoms with Gasteiger partial charge in [-0.05, 0) is 72.5 Å². The number of carbonyl (C=O) groups excluding carboxylic acids is 2. The van der Waals surface area contributed by atoms with Gasteiger partial charge in [-0.1, -0.05) is 47.1 Å². The van der Waals surface area contributed by atoms with Gasteiger partial charge in [0.15, 0.2) is 0 Å². The van der Waals surface area contributed by atoms with E-state index in [0.29, 0.717) is 29.2 Å². The van der Waals surface area contributed by atoms with Crippen LogP contribution < -0.4 is 0 Å². The van der Waals surface area contributed by atoms with Crippen LogP contribution in [-0.2, 0) is 14.3 Å². The van der Waals surface area contributed by atoms with Gasteiger partial charge in [-0.15, -0.1) is 0 Å². The summed E-state index contributed by atoms with van der Waals surface area (Å²) < 4.78 is 5.98. The van der Waals surface area contributed by atoms with Crippen LogP contribution >= 0.6 is 0 Å². The molecule has 8 atom stereocenters. The lowest BCUT2D eigenvalue weighted by atomic mass is 9.35. The topological polar surface area (TPSA) is 63.6 Å². The number of carbonyl (C=O) groups is 2. The maximum absolute atomic E-state index is 12.1. The Kier molecular flexibility index (Phi) is 5.08. The minimum absolute atomic E-state index is 0.0654. The summed E-state index contributed by atoms with van der Waals surface area (Å²) >= 11 is 0. The molecule has 4 aliphatic rings. The Balaban J connectivity index is 1.83. The predicted molar refractivity (Wildman–Crippen MR) is 117 cm³/mol. The molecule has 4 heteroatoms. The van der Waals surface area contributed by atoms with E-state index in [-0.39, 0.29) is 28.8 Å². The van der Waals surface area contributed by atoms with Gasteiger partial charge in [-0.3, -0.25) is 9.59 Å². The number of aldehydes is 1. The molecule has 0 aromatic heterocycles. The normalized spacial score (nSPS) is 49.7. The molecule has 4 rings (SSSR count). The average Bonchev–Trinajstić information content (AvgIpc) is 2.63. The van der Waals surface area contributed by atoms with Crippen molar-refractivity contribution in [1.29, 1.82) is 0 Å². The summed E-state index contributed by atoms with van der Waals surface area (Å²) in [5, 5.41) is 10.8. The molecule has 0 aromatic rings. The number of rotatable bonds is 2. The first-order valence-corrected chi connectivity index (χ1v) is 11.9. The van der Waals surface area contributed by atoms with Crippen LogP contribution in [0.4, 0.5) is 0 Å². The van der Waals surface area contributed by atoms with E-state index in [4.69, 9.17) is 4.74 Å². The Morgan fingerprint density at radius 2 is 1.70 bits per heavy atom. The highest BCUT2D eigenvalue weighted by Gasteiger charge is 2.67. The van der Waals surface area contributed by atoms with Crippen molar-refractivity contribution in [2.75, 3.05) is 0 Å². The Morgan fingerprint density at radius 3 is 2.33 bits per heavy atom. The fourth-order valence-electron chi connectivity index (χ4n) is 9.06. The van der Waals surface area contributed by atoms with E-state index in [1.54, 1.807) is 0 Å². The van der Waals surface area contributed by atoms with E-state index in [1.165, 1.54) is 32.6 Å². The van der Waals surface area contributed by atoms with Crippen LogP contribution in [0.3, 0.4) is 0 Å². The molecule has 1 N–H and O–H groups in total. The minimum Gasteiger partial charge on any atom is -0.462 e. The van der Waals surface area contributed by atoms with E-state index < -0.39 is 11.5 Å². The zero-order chi connectivity index (χ0) is 22.1. The molecule has 4 aliphatic carbocycles. The predicted octanol–water partition coefficient (Wildman–Crippen LogP) is 5.08. The second-order valence-corrected chi connectivity index (χ2v) is 12.3. The van der Waals surface area contributed by atoms with Crippen molar-refractivity contribution in [1.82, 2.24) is 0 Å². The van der Waals surface area contributed by atoms with Crippen LogP contribution in [0.5, 0.6) is 0 Å². The van der Waals surface area contributed by atoms with Gasteiger partial charge in [0.1, 0.15) is 12.4 Å². The first kappa shape index (κ1) is 22.0. The molecule has 0 spiro atoms. The molecule has 0 radical (unpaired) electrons. The largest absolute Gasteiger partial charge is 0.462 e. The van der Waals surface area contributed by atoms with Gasteiger partial charge in [0.05, 0.1) is 6.10 Å². The molecule has 3 fully saturated rings. The van der Waals surface area contributed by atoms with Crippen LogP contribution in [0.25, 0.3) is 0 Å². The molecule has 0 aromatic carbocycles. The summed E-state index contributed by atoms with van der Waals surface area (Å²) in [4.78, 5) is 23.7. The van der Waals surface area contributed by atoms with Crippen molar-refractivity contribution in [3.8, 4) is 0 Å². The van der Waals surface area contributed by atoms with Crippen molar-refractivity contribution < 1.29 is 19.4 Å². The summed E-state index contributed by atoms with van der Waals surface area (Å²) in [5.74, 6) is 1.06. The lowest BCUT2D eigenvalue weighted by Crippen LogP contribution is -2.65. The molecule has 0 amide bonds. The van der Waals surface area contributed by atoms with E-state index in [0.717, 1.165) is 19.1 Å². The van der Waals surface area contributed by atoms with Gasteiger partial charge in [0.2, 0.25) is 0 Å². The van der Waals surface area contributed by atoms with E-state index in [1.807, 2.05) is 6.08 Å². The summed E-state index contributed by atoms with van der Waals surface area (Å²) in [7, 11) is 0. The number of aliphatic hydroxyl groups excluding tert-OH is 1. The number of ether oxygens (including phenoxy) is 1. The second kappa shape index (κ2) is 6.92. The van der Waals surface area contributed by atoms with Crippen molar-refractivity contribution >= 4 is 12.3 Å². The molecule has 30 heavy (non-hydrogen) atoms. The van der Waals surface area contributed by atoms with Gasteiger partial charge < -0.3 is 9.84 Å². The maximum atomic E-state index is 12.1. The van der Waals surface area contributed by atoms with Crippen LogP contribution in [0.15, 0.2) is 11.6 Å². The molecule has 0 unspecified atom stereocenters. The second-order valence-electron chi connectivity index (χ2n) is 12.3. The number of esters is 1. The Morgan fingerprint density at radius 1 is 1.03 bits per heavy atom. The van der Waals surface area contributed by atoms with Gasteiger partial charge in [-0.2, -0.15) is 0 Å². The Bertz CT molecular complexity index is 769. The molecule has 0 aliphatic heterocycles. The fourth-order valence-corrected chi connectivity index (χ4v) is 9.06. The van der Waals surface area contributed by atoms with Gasteiger partial charge in [0.25, 0.3) is 0 Å². The standard InChI is InChI=1S/C26H40O4/c1-16(28)30-22-13-21-24(4)10-7-9-23(2,3)19(24)8-11-25(21,5)20-12-18(29)17(15-27)14-26(20,22)6/h14-15,18-22,29H,7-13H2,1-6H3/t18-,19-,20-,21+,22-,24-,25-,26+/m0/s1. The number of hydrogen-bond acceptors (Lipinski definition) is 4. The monoisotopic (exact) mass is 416 g/mol. The molecule has 168 valence electrons. The van der Waals surface area contributed by atoms with Crippen molar-refractivity contribution in [3.05, 3.63) is 11.6 Å². The van der Waals surface area contributed by atoms with Gasteiger partial charge in [0, 0.05) is 17.9 Å². The molecule has 0 saturated heterocycles. The quantitative estimate of drug-likeness (QED) is 0.503. The van der Waals surface area contributed by atoms with Crippen LogP contribution in [-0.4, -0.2) is 29.6 Å². The van der Waals surface area contributed by atoms with Crippen molar-refractivity contribution in [2.24, 2.45) is 39.4 Å². The van der Waals surface area contributed by atoms with E-state index in [2.05, 4.69) is 34.6 Å². The van der Waals surface area contributed by atoms with Gasteiger partial charge >= 0.3 is 5.97 Å². The third-order valence-electron chi connectivity index (χ3n) is 10.3. The van der Waals surface area contributed by atoms with E-state index >= 15 is 0 Å². The first-order chi connectivity index (χ1) is 13.9. The molecule has 0 heterocycles. The zero-order valence-corrected chi connectivity index (χ0v) is 19.7. The summed E-state index contributed by atoms with van der Waals surface area (Å²) in [5.41, 5.74) is 0.651. The lowest BCUT2D eigenvalue weighted by molar-refractivity contribution is -0.226. The Hall–Kier alpha value is -1.16. The van der Waals surface area contributed by atoms with Gasteiger partial charge in [-0.25, -0.2) is 0 Å². The number of fused-ring (bicyclic) bond motifs is 5. The van der Waals surface area contributed by atoms with Crippen molar-refractivity contribution in [3.63, 3.8) is 0 Å². The van der Waals surface area contributed by atoms with Crippen molar-refractivity contribution in [2.45, 2.75) is 98.7 Å². The molecule has 0 bridgehead atoms. The summed E-state index contributed by atoms with van der Waals surface area (Å²) in [6.07, 6.45) is 9.34.